The number of amides is 1. The molecule has 1 saturated heterocycles. The maximum atomic E-state index is 14.8. The zero-order valence-corrected chi connectivity index (χ0v) is 19.9. The highest BCUT2D eigenvalue weighted by Crippen LogP contribution is 2.31. The van der Waals surface area contributed by atoms with Crippen LogP contribution in [0.3, 0.4) is 0 Å². The van der Waals surface area contributed by atoms with E-state index in [1.807, 2.05) is 11.8 Å². The highest BCUT2D eigenvalue weighted by molar-refractivity contribution is 7.92. The van der Waals surface area contributed by atoms with Gasteiger partial charge in [-0.05, 0) is 45.0 Å². The maximum absolute atomic E-state index is 14.8. The van der Waals surface area contributed by atoms with Crippen LogP contribution in [0.1, 0.15) is 42.7 Å². The molecule has 1 aliphatic heterocycles. The van der Waals surface area contributed by atoms with Gasteiger partial charge in [-0.15, -0.1) is 0 Å². The fraction of sp³-hybridized carbons (Fsp3) is 0.435. The standard InChI is InChI=1S/C23H28ClFN2O4S/c1-15(2)32(29,30)21-10-5-4-7-17(21)23(28)26-13-20(27-11-12-31-16(3)14-27)22-18(24)8-6-9-19(22)25/h4-10,15-16,20H,11-14H2,1-3H3,(H,26,28). The number of carbonyl (C=O) groups is 1. The van der Waals surface area contributed by atoms with E-state index in [4.69, 9.17) is 16.3 Å². The maximum Gasteiger partial charge on any atom is 0.252 e. The number of hydrogen-bond acceptors (Lipinski definition) is 5. The number of ether oxygens (including phenoxy) is 1. The Morgan fingerprint density at radius 3 is 2.62 bits per heavy atom. The SMILES string of the molecule is CC1CN(C(CNC(=O)c2ccccc2S(=O)(=O)C(C)C)c2c(F)cccc2Cl)CCO1. The predicted octanol–water partition coefficient (Wildman–Crippen LogP) is 3.85. The summed E-state index contributed by atoms with van der Waals surface area (Å²) in [5.74, 6) is -0.998. The summed E-state index contributed by atoms with van der Waals surface area (Å²) in [6.45, 7) is 6.70. The first kappa shape index (κ1) is 24.6. The number of carbonyl (C=O) groups excluding carboxylic acids is 1. The van der Waals surface area contributed by atoms with Gasteiger partial charge in [-0.2, -0.15) is 0 Å². The van der Waals surface area contributed by atoms with Crippen LogP contribution in [0.15, 0.2) is 47.4 Å². The molecule has 2 atom stereocenters. The van der Waals surface area contributed by atoms with Crippen molar-refractivity contribution in [3.63, 3.8) is 0 Å². The van der Waals surface area contributed by atoms with Gasteiger partial charge in [0.2, 0.25) is 0 Å². The van der Waals surface area contributed by atoms with Crippen molar-refractivity contribution in [2.75, 3.05) is 26.2 Å². The van der Waals surface area contributed by atoms with Crippen molar-refractivity contribution in [2.24, 2.45) is 0 Å². The largest absolute Gasteiger partial charge is 0.376 e. The van der Waals surface area contributed by atoms with Gasteiger partial charge < -0.3 is 10.1 Å². The summed E-state index contributed by atoms with van der Waals surface area (Å²) in [7, 11) is -3.65. The second kappa shape index (κ2) is 10.3. The molecule has 0 spiro atoms. The van der Waals surface area contributed by atoms with Gasteiger partial charge in [-0.3, -0.25) is 9.69 Å². The minimum atomic E-state index is -3.65. The molecule has 1 fully saturated rings. The predicted molar refractivity (Wildman–Crippen MR) is 122 cm³/mol. The molecule has 2 aromatic rings. The molecule has 1 heterocycles. The summed E-state index contributed by atoms with van der Waals surface area (Å²) in [5.41, 5.74) is 0.363. The number of benzene rings is 2. The Morgan fingerprint density at radius 1 is 1.25 bits per heavy atom. The Labute approximate surface area is 193 Å². The second-order valence-corrected chi connectivity index (χ2v) is 11.0. The lowest BCUT2D eigenvalue weighted by Gasteiger charge is -2.38. The Balaban J connectivity index is 1.90. The summed E-state index contributed by atoms with van der Waals surface area (Å²) in [6.07, 6.45) is -0.0515. The summed E-state index contributed by atoms with van der Waals surface area (Å²) >= 11 is 6.34. The average Bonchev–Trinajstić information content (AvgIpc) is 2.75. The summed E-state index contributed by atoms with van der Waals surface area (Å²) < 4.78 is 45.8. The topological polar surface area (TPSA) is 75.7 Å². The molecule has 2 unspecified atom stereocenters. The van der Waals surface area contributed by atoms with Crippen LogP contribution in [0.4, 0.5) is 4.39 Å². The molecule has 0 aliphatic carbocycles. The van der Waals surface area contributed by atoms with E-state index in [9.17, 15) is 17.6 Å². The Morgan fingerprint density at radius 2 is 1.97 bits per heavy atom. The van der Waals surface area contributed by atoms with E-state index in [-0.39, 0.29) is 28.1 Å². The lowest BCUT2D eigenvalue weighted by molar-refractivity contribution is -0.0346. The zero-order valence-electron chi connectivity index (χ0n) is 18.3. The molecule has 0 radical (unpaired) electrons. The third-order valence-electron chi connectivity index (χ3n) is 5.56. The van der Waals surface area contributed by atoms with Gasteiger partial charge in [0.1, 0.15) is 5.82 Å². The monoisotopic (exact) mass is 482 g/mol. The molecule has 1 aliphatic rings. The number of sulfone groups is 1. The van der Waals surface area contributed by atoms with Crippen molar-refractivity contribution < 1.29 is 22.3 Å². The van der Waals surface area contributed by atoms with Gasteiger partial charge in [0.25, 0.3) is 5.91 Å². The van der Waals surface area contributed by atoms with E-state index in [0.29, 0.717) is 25.3 Å². The van der Waals surface area contributed by atoms with Crippen molar-refractivity contribution in [3.8, 4) is 0 Å². The number of rotatable bonds is 7. The van der Waals surface area contributed by atoms with Gasteiger partial charge in [0, 0.05) is 30.2 Å². The molecule has 0 aromatic heterocycles. The van der Waals surface area contributed by atoms with Crippen LogP contribution in [-0.4, -0.2) is 56.8 Å². The van der Waals surface area contributed by atoms with Gasteiger partial charge in [-0.1, -0.05) is 29.8 Å². The van der Waals surface area contributed by atoms with Crippen molar-refractivity contribution in [2.45, 2.75) is 43.1 Å². The molecule has 1 amide bonds. The van der Waals surface area contributed by atoms with E-state index in [1.165, 1.54) is 24.3 Å². The van der Waals surface area contributed by atoms with E-state index >= 15 is 0 Å². The van der Waals surface area contributed by atoms with Crippen LogP contribution in [0.2, 0.25) is 5.02 Å². The number of nitrogens with one attached hydrogen (secondary N) is 1. The van der Waals surface area contributed by atoms with Crippen molar-refractivity contribution in [1.82, 2.24) is 10.2 Å². The second-order valence-electron chi connectivity index (χ2n) is 8.13. The molecular weight excluding hydrogens is 455 g/mol. The first-order valence-electron chi connectivity index (χ1n) is 10.5. The molecule has 6 nitrogen and oxygen atoms in total. The van der Waals surface area contributed by atoms with Gasteiger partial charge in [0.05, 0.1) is 34.5 Å². The lowest BCUT2D eigenvalue weighted by atomic mass is 10.0. The average molecular weight is 483 g/mol. The summed E-state index contributed by atoms with van der Waals surface area (Å²) in [5, 5.41) is 2.40. The number of hydrogen-bond donors (Lipinski definition) is 1. The minimum Gasteiger partial charge on any atom is -0.376 e. The van der Waals surface area contributed by atoms with Gasteiger partial charge >= 0.3 is 0 Å². The van der Waals surface area contributed by atoms with Crippen molar-refractivity contribution in [3.05, 3.63) is 64.4 Å². The minimum absolute atomic E-state index is 0.0204. The van der Waals surface area contributed by atoms with E-state index in [2.05, 4.69) is 5.32 Å². The number of morpholine rings is 1. The molecule has 3 rings (SSSR count). The molecule has 32 heavy (non-hydrogen) atoms. The zero-order chi connectivity index (χ0) is 23.5. The Kier molecular flexibility index (Phi) is 7.92. The van der Waals surface area contributed by atoms with Crippen LogP contribution in [0.25, 0.3) is 0 Å². The molecule has 0 bridgehead atoms. The number of halogens is 2. The normalized spacial score (nSPS) is 18.5. The van der Waals surface area contributed by atoms with Crippen molar-refractivity contribution in [1.29, 1.82) is 0 Å². The van der Waals surface area contributed by atoms with E-state index in [1.54, 1.807) is 32.0 Å². The van der Waals surface area contributed by atoms with Crippen LogP contribution in [0, 0.1) is 5.82 Å². The van der Waals surface area contributed by atoms with E-state index in [0.717, 1.165) is 0 Å². The molecule has 2 aromatic carbocycles. The first-order valence-corrected chi connectivity index (χ1v) is 12.5. The smallest absolute Gasteiger partial charge is 0.252 e. The third kappa shape index (κ3) is 5.31. The molecule has 9 heteroatoms. The third-order valence-corrected chi connectivity index (χ3v) is 8.10. The fourth-order valence-corrected chi connectivity index (χ4v) is 5.34. The molecular formula is C23H28ClFN2O4S. The Hall–Kier alpha value is -2.00. The molecule has 0 saturated carbocycles. The fourth-order valence-electron chi connectivity index (χ4n) is 3.81. The van der Waals surface area contributed by atoms with Crippen LogP contribution in [0.5, 0.6) is 0 Å². The Bertz CT molecular complexity index is 1060. The molecule has 1 N–H and O–H groups in total. The van der Waals surface area contributed by atoms with Gasteiger partial charge in [-0.25, -0.2) is 12.8 Å². The highest BCUT2D eigenvalue weighted by atomic mass is 35.5. The van der Waals surface area contributed by atoms with E-state index < -0.39 is 32.9 Å². The number of nitrogens with zero attached hydrogens (tertiary/aromatic N) is 1. The lowest BCUT2D eigenvalue weighted by Crippen LogP contribution is -2.47. The van der Waals surface area contributed by atoms with Crippen molar-refractivity contribution >= 4 is 27.3 Å². The summed E-state index contributed by atoms with van der Waals surface area (Å²) in [4.78, 5) is 15.0. The van der Waals surface area contributed by atoms with Crippen LogP contribution >= 0.6 is 11.6 Å². The highest BCUT2D eigenvalue weighted by Gasteiger charge is 2.31. The van der Waals surface area contributed by atoms with Gasteiger partial charge in [0.15, 0.2) is 9.84 Å². The van der Waals surface area contributed by atoms with Crippen LogP contribution < -0.4 is 5.32 Å². The quantitative estimate of drug-likeness (QED) is 0.648. The van der Waals surface area contributed by atoms with Crippen LogP contribution in [-0.2, 0) is 14.6 Å². The first-order chi connectivity index (χ1) is 15.1. The summed E-state index contributed by atoms with van der Waals surface area (Å²) in [6, 6.07) is 10.1. The molecule has 174 valence electrons.